The van der Waals surface area contributed by atoms with E-state index in [-0.39, 0.29) is 5.97 Å². The number of benzene rings is 2. The number of nitrogens with two attached hydrogens (primary N) is 1. The van der Waals surface area contributed by atoms with E-state index in [1.807, 2.05) is 30.3 Å². The third-order valence-corrected chi connectivity index (χ3v) is 3.76. The Morgan fingerprint density at radius 1 is 1.05 bits per heavy atom. The molecule has 2 aromatic rings. The Morgan fingerprint density at radius 2 is 1.71 bits per heavy atom. The maximum absolute atomic E-state index is 11.3. The predicted molar refractivity (Wildman–Crippen MR) is 85.2 cm³/mol. The minimum Gasteiger partial charge on any atom is -0.469 e. The lowest BCUT2D eigenvalue weighted by Gasteiger charge is -2.12. The second kappa shape index (κ2) is 6.93. The summed E-state index contributed by atoms with van der Waals surface area (Å²) >= 11 is 0. The standard InChI is InChI=1S/C18H21NO2/c1-13-6-3-4-7-15(13)12-16-9-5-8-14(18(16)19)10-11-17(20)21-2/h3-9H,10-12,19H2,1-2H3. The maximum Gasteiger partial charge on any atom is 0.305 e. The highest BCUT2D eigenvalue weighted by Gasteiger charge is 2.09. The second-order valence-electron chi connectivity index (χ2n) is 5.17. The SMILES string of the molecule is COC(=O)CCc1cccc(Cc2ccccc2C)c1N. The molecule has 0 fully saturated rings. The molecule has 0 aliphatic rings. The molecule has 0 spiro atoms. The van der Waals surface area contributed by atoms with Crippen LogP contribution in [0.5, 0.6) is 0 Å². The average molecular weight is 283 g/mol. The maximum atomic E-state index is 11.3. The summed E-state index contributed by atoms with van der Waals surface area (Å²) in [5, 5.41) is 0. The van der Waals surface area contributed by atoms with Crippen molar-refractivity contribution in [3.05, 3.63) is 64.7 Å². The van der Waals surface area contributed by atoms with Crippen LogP contribution in [0.25, 0.3) is 0 Å². The van der Waals surface area contributed by atoms with E-state index in [9.17, 15) is 4.79 Å². The van der Waals surface area contributed by atoms with E-state index in [0.717, 1.165) is 23.2 Å². The zero-order valence-corrected chi connectivity index (χ0v) is 12.6. The lowest BCUT2D eigenvalue weighted by Crippen LogP contribution is -2.06. The number of esters is 1. The molecule has 3 nitrogen and oxygen atoms in total. The summed E-state index contributed by atoms with van der Waals surface area (Å²) in [5.41, 5.74) is 11.7. The van der Waals surface area contributed by atoms with E-state index in [1.54, 1.807) is 0 Å². The molecular weight excluding hydrogens is 262 g/mol. The molecule has 3 heteroatoms. The molecule has 2 rings (SSSR count). The third kappa shape index (κ3) is 3.85. The molecule has 0 atom stereocenters. The molecule has 21 heavy (non-hydrogen) atoms. The summed E-state index contributed by atoms with van der Waals surface area (Å²) in [6.07, 6.45) is 1.78. The van der Waals surface area contributed by atoms with Gasteiger partial charge in [-0.15, -0.1) is 0 Å². The first-order valence-corrected chi connectivity index (χ1v) is 7.09. The van der Waals surface area contributed by atoms with Crippen molar-refractivity contribution >= 4 is 11.7 Å². The van der Waals surface area contributed by atoms with Gasteiger partial charge in [-0.25, -0.2) is 0 Å². The summed E-state index contributed by atoms with van der Waals surface area (Å²) in [7, 11) is 1.40. The van der Waals surface area contributed by atoms with Crippen molar-refractivity contribution < 1.29 is 9.53 Å². The Labute approximate surface area is 125 Å². The van der Waals surface area contributed by atoms with Crippen molar-refractivity contribution in [2.24, 2.45) is 0 Å². The van der Waals surface area contributed by atoms with Crippen molar-refractivity contribution in [2.75, 3.05) is 12.8 Å². The first kappa shape index (κ1) is 15.1. The molecule has 0 aliphatic heterocycles. The molecule has 2 N–H and O–H groups in total. The van der Waals surface area contributed by atoms with Crippen molar-refractivity contribution in [3.63, 3.8) is 0 Å². The van der Waals surface area contributed by atoms with Crippen molar-refractivity contribution in [1.82, 2.24) is 0 Å². The normalized spacial score (nSPS) is 10.4. The number of hydrogen-bond acceptors (Lipinski definition) is 3. The van der Waals surface area contributed by atoms with Gasteiger partial charge >= 0.3 is 5.97 Å². The predicted octanol–water partition coefficient (Wildman–Crippen LogP) is 3.27. The number of para-hydroxylation sites is 1. The van der Waals surface area contributed by atoms with Gasteiger partial charge < -0.3 is 10.5 Å². The van der Waals surface area contributed by atoms with Gasteiger partial charge in [0.05, 0.1) is 7.11 Å². The van der Waals surface area contributed by atoms with Gasteiger partial charge in [0.15, 0.2) is 0 Å². The first-order chi connectivity index (χ1) is 10.1. The van der Waals surface area contributed by atoms with Gasteiger partial charge in [0.2, 0.25) is 0 Å². The van der Waals surface area contributed by atoms with Crippen LogP contribution in [0.3, 0.4) is 0 Å². The molecule has 0 aliphatic carbocycles. The fourth-order valence-electron chi connectivity index (χ4n) is 2.39. The zero-order chi connectivity index (χ0) is 15.2. The van der Waals surface area contributed by atoms with Crippen LogP contribution in [0.2, 0.25) is 0 Å². The third-order valence-electron chi connectivity index (χ3n) is 3.76. The number of hydrogen-bond donors (Lipinski definition) is 1. The quantitative estimate of drug-likeness (QED) is 0.677. The molecule has 0 heterocycles. The van der Waals surface area contributed by atoms with E-state index in [1.165, 1.54) is 18.2 Å². The van der Waals surface area contributed by atoms with Gasteiger partial charge in [-0.3, -0.25) is 4.79 Å². The summed E-state index contributed by atoms with van der Waals surface area (Å²) < 4.78 is 4.67. The van der Waals surface area contributed by atoms with Crippen LogP contribution in [-0.4, -0.2) is 13.1 Å². The van der Waals surface area contributed by atoms with E-state index in [2.05, 4.69) is 23.8 Å². The van der Waals surface area contributed by atoms with Crippen LogP contribution in [0.4, 0.5) is 5.69 Å². The Hall–Kier alpha value is -2.29. The molecule has 0 amide bonds. The van der Waals surface area contributed by atoms with Crippen molar-refractivity contribution in [1.29, 1.82) is 0 Å². The number of methoxy groups -OCH3 is 1. The van der Waals surface area contributed by atoms with Crippen LogP contribution < -0.4 is 5.73 Å². The highest BCUT2D eigenvalue weighted by atomic mass is 16.5. The van der Waals surface area contributed by atoms with Gasteiger partial charge in [0.25, 0.3) is 0 Å². The topological polar surface area (TPSA) is 52.3 Å². The van der Waals surface area contributed by atoms with E-state index >= 15 is 0 Å². The number of carbonyl (C=O) groups is 1. The van der Waals surface area contributed by atoms with Gasteiger partial charge in [-0.05, 0) is 42.0 Å². The van der Waals surface area contributed by atoms with E-state index < -0.39 is 0 Å². The minimum absolute atomic E-state index is 0.210. The summed E-state index contributed by atoms with van der Waals surface area (Å²) in [4.78, 5) is 11.3. The highest BCUT2D eigenvalue weighted by Crippen LogP contribution is 2.23. The smallest absolute Gasteiger partial charge is 0.305 e. The highest BCUT2D eigenvalue weighted by molar-refractivity contribution is 5.70. The van der Waals surface area contributed by atoms with Gasteiger partial charge in [-0.1, -0.05) is 42.5 Å². The Bertz CT molecular complexity index is 635. The molecule has 0 unspecified atom stereocenters. The first-order valence-electron chi connectivity index (χ1n) is 7.09. The number of rotatable bonds is 5. The van der Waals surface area contributed by atoms with Crippen LogP contribution in [0.1, 0.15) is 28.7 Å². The van der Waals surface area contributed by atoms with Crippen LogP contribution in [-0.2, 0) is 22.4 Å². The van der Waals surface area contributed by atoms with Gasteiger partial charge in [-0.2, -0.15) is 0 Å². The zero-order valence-electron chi connectivity index (χ0n) is 12.6. The van der Waals surface area contributed by atoms with Crippen molar-refractivity contribution in [2.45, 2.75) is 26.2 Å². The largest absolute Gasteiger partial charge is 0.469 e. The fourth-order valence-corrected chi connectivity index (χ4v) is 2.39. The lowest BCUT2D eigenvalue weighted by atomic mass is 9.96. The van der Waals surface area contributed by atoms with E-state index in [4.69, 9.17) is 5.73 Å². The molecule has 0 bridgehead atoms. The number of ether oxygens (including phenoxy) is 1. The van der Waals surface area contributed by atoms with Gasteiger partial charge in [0.1, 0.15) is 0 Å². The molecular formula is C18H21NO2. The lowest BCUT2D eigenvalue weighted by molar-refractivity contribution is -0.140. The summed E-state index contributed by atoms with van der Waals surface area (Å²) in [6, 6.07) is 14.3. The van der Waals surface area contributed by atoms with Crippen molar-refractivity contribution in [3.8, 4) is 0 Å². The molecule has 110 valence electrons. The fraction of sp³-hybridized carbons (Fsp3) is 0.278. The molecule has 0 aromatic heterocycles. The average Bonchev–Trinajstić information content (AvgIpc) is 2.50. The van der Waals surface area contributed by atoms with E-state index in [0.29, 0.717) is 12.8 Å². The number of aryl methyl sites for hydroxylation is 2. The summed E-state index contributed by atoms with van der Waals surface area (Å²) in [5.74, 6) is -0.210. The molecule has 0 saturated heterocycles. The van der Waals surface area contributed by atoms with Gasteiger partial charge in [0, 0.05) is 12.1 Å². The Morgan fingerprint density at radius 3 is 2.43 bits per heavy atom. The number of anilines is 1. The second-order valence-corrected chi connectivity index (χ2v) is 5.17. The number of carbonyl (C=O) groups excluding carboxylic acids is 1. The van der Waals surface area contributed by atoms with Crippen LogP contribution in [0.15, 0.2) is 42.5 Å². The number of nitrogen functional groups attached to an aromatic ring is 1. The monoisotopic (exact) mass is 283 g/mol. The Kier molecular flexibility index (Phi) is 4.99. The van der Waals surface area contributed by atoms with Crippen LogP contribution >= 0.6 is 0 Å². The molecule has 0 radical (unpaired) electrons. The van der Waals surface area contributed by atoms with Crippen LogP contribution in [0, 0.1) is 6.92 Å². The minimum atomic E-state index is -0.210. The Balaban J connectivity index is 2.18. The summed E-state index contributed by atoms with van der Waals surface area (Å²) in [6.45, 7) is 2.10. The molecule has 0 saturated carbocycles. The molecule has 2 aromatic carbocycles.